The van der Waals surface area contributed by atoms with E-state index in [1.54, 1.807) is 0 Å². The summed E-state index contributed by atoms with van der Waals surface area (Å²) < 4.78 is 104. The molecule has 0 amide bonds. The fraction of sp³-hybridized carbons (Fsp3) is 0.0385. The van der Waals surface area contributed by atoms with Crippen molar-refractivity contribution >= 4 is 86.7 Å². The number of benzene rings is 8. The Morgan fingerprint density at radius 3 is 0.618 bits per heavy atom. The van der Waals surface area contributed by atoms with Crippen LogP contribution in [0.1, 0.15) is 22.3 Å². The number of nitriles is 2. The molecule has 0 bridgehead atoms. The van der Waals surface area contributed by atoms with Gasteiger partial charge >= 0.3 is 136 Å². The Balaban J connectivity index is 0.000000296. The number of halogens is 4. The second kappa shape index (κ2) is 31.5. The summed E-state index contributed by atoms with van der Waals surface area (Å²) in [5, 5.41) is 26.5. The average Bonchev–Trinajstić information content (AvgIpc) is 3.37. The molecule has 0 saturated carbocycles. The number of nitrogens with zero attached hydrogens (tertiary/aromatic N) is 2. The molecule has 0 aliphatic carbocycles. The van der Waals surface area contributed by atoms with Crippen molar-refractivity contribution in [3.05, 3.63) is 253 Å². The molecule has 0 spiro atoms. The normalized spacial score (nSPS) is 11.1. The molecule has 0 fully saturated rings. The van der Waals surface area contributed by atoms with Gasteiger partial charge in [-0.2, -0.15) is 10.5 Å². The molecule has 0 heterocycles. The van der Waals surface area contributed by atoms with Gasteiger partial charge in [0.15, 0.2) is 0 Å². The molecule has 400 valence electrons. The van der Waals surface area contributed by atoms with Crippen LogP contribution >= 0.6 is 54.9 Å². The van der Waals surface area contributed by atoms with E-state index in [2.05, 4.69) is 259 Å². The Hall–Kier alpha value is -4.92. The van der Waals surface area contributed by atoms with Crippen molar-refractivity contribution < 1.29 is 95.9 Å². The van der Waals surface area contributed by atoms with Crippen LogP contribution in [0.2, 0.25) is 0 Å². The van der Waals surface area contributed by atoms with Crippen molar-refractivity contribution in [1.29, 1.82) is 10.5 Å². The van der Waals surface area contributed by atoms with Crippen molar-refractivity contribution in [3.63, 3.8) is 0 Å². The Labute approximate surface area is 466 Å². The van der Waals surface area contributed by atoms with Gasteiger partial charge in [-0.15, -0.1) is 0 Å². The SMILES string of the molecule is N#Cc1ccc(C[P+](c2ccccc2)(c2ccccc2)c2ccccc2)cc1.N#Cc1ccc(C[P+](c2ccccc2)(c2ccccc2)c2ccccc2)cc1.[O]=[Mn](=[O])([O-])[Cl].[O]=[Mn](=[O])([O-])[Cl].[O]=[Mn](=[O])([OH])[Cl].[O]=[Mn](=[O])([OH])[Cl]. The van der Waals surface area contributed by atoms with E-state index in [-0.39, 0.29) is 0 Å². The van der Waals surface area contributed by atoms with Crippen LogP contribution in [0.15, 0.2) is 231 Å². The second-order valence-electron chi connectivity index (χ2n) is 15.1. The zero-order valence-corrected chi connectivity index (χ0v) is 48.7. The summed E-state index contributed by atoms with van der Waals surface area (Å²) in [5.74, 6) is 0. The molecule has 24 heteroatoms. The van der Waals surface area contributed by atoms with Crippen molar-refractivity contribution in [2.75, 3.05) is 0 Å². The molecular formula is C52H44Cl4Mn4N2O12P2. The van der Waals surface area contributed by atoms with Crippen LogP contribution in [0.4, 0.5) is 0 Å². The Bertz CT molecular complexity index is 3060. The fourth-order valence-electron chi connectivity index (χ4n) is 7.45. The molecular weight excluding hydrogens is 1270 g/mol. The maximum atomic E-state index is 9.15. The first-order valence-electron chi connectivity index (χ1n) is 21.2. The van der Waals surface area contributed by atoms with E-state index >= 15 is 0 Å². The van der Waals surface area contributed by atoms with E-state index < -0.39 is 63.0 Å². The molecule has 0 saturated heterocycles. The molecule has 0 radical (unpaired) electrons. The molecule has 0 atom stereocenters. The van der Waals surface area contributed by atoms with E-state index in [1.165, 1.54) is 43.0 Å². The zero-order chi connectivity index (χ0) is 56.5. The number of hydrogen-bond donors (Lipinski definition) is 2. The van der Waals surface area contributed by atoms with E-state index in [0.717, 1.165) is 12.3 Å². The molecule has 76 heavy (non-hydrogen) atoms. The Morgan fingerprint density at radius 2 is 0.487 bits per heavy atom. The van der Waals surface area contributed by atoms with Crippen LogP contribution in [0.3, 0.4) is 0 Å². The summed E-state index contributed by atoms with van der Waals surface area (Å²) in [5.41, 5.74) is 3.91. The van der Waals surface area contributed by atoms with Crippen LogP contribution in [0.5, 0.6) is 0 Å². The van der Waals surface area contributed by atoms with E-state index in [9.17, 15) is 0 Å². The van der Waals surface area contributed by atoms with Crippen LogP contribution < -0.4 is 40.2 Å². The zero-order valence-electron chi connectivity index (χ0n) is 39.1. The Kier molecular flexibility index (Phi) is 27.1. The summed E-state index contributed by atoms with van der Waals surface area (Å²) in [7, 11) is 12.5. The van der Waals surface area contributed by atoms with Crippen molar-refractivity contribution in [2.45, 2.75) is 12.3 Å². The fourth-order valence-corrected chi connectivity index (χ4v) is 15.9. The molecule has 8 aromatic rings. The summed E-state index contributed by atoms with van der Waals surface area (Å²) in [6.45, 7) is 0. The van der Waals surface area contributed by atoms with Gasteiger partial charge in [-0.1, -0.05) is 133 Å². The first-order valence-corrected chi connectivity index (χ1v) is 37.5. The van der Waals surface area contributed by atoms with Crippen molar-refractivity contribution in [2.24, 2.45) is 0 Å². The van der Waals surface area contributed by atoms with Gasteiger partial charge < -0.3 is 0 Å². The monoisotopic (exact) mass is 1310 g/mol. The third-order valence-corrected chi connectivity index (χ3v) is 18.9. The van der Waals surface area contributed by atoms with Gasteiger partial charge in [0.05, 0.1) is 35.6 Å². The summed E-state index contributed by atoms with van der Waals surface area (Å²) >= 11 is -19.1. The van der Waals surface area contributed by atoms with Crippen LogP contribution in [0, 0.1) is 22.7 Å². The molecule has 0 unspecified atom stereocenters. The van der Waals surface area contributed by atoms with Crippen molar-refractivity contribution in [1.82, 2.24) is 0 Å². The molecule has 14 nitrogen and oxygen atoms in total. The minimum atomic E-state index is -4.90. The quantitative estimate of drug-likeness (QED) is 0.0961. The van der Waals surface area contributed by atoms with Crippen LogP contribution in [-0.4, -0.2) is 8.38 Å². The van der Waals surface area contributed by atoms with Gasteiger partial charge in [-0.3, -0.25) is 0 Å². The predicted molar refractivity (Wildman–Crippen MR) is 273 cm³/mol. The summed E-state index contributed by atoms with van der Waals surface area (Å²) in [6.07, 6.45) is 1.85. The molecule has 0 aromatic heterocycles. The third kappa shape index (κ3) is 25.0. The third-order valence-electron chi connectivity index (χ3n) is 10.2. The average molecular weight is 1310 g/mol. The summed E-state index contributed by atoms with van der Waals surface area (Å²) in [6, 6.07) is 85.7. The molecule has 8 aromatic carbocycles. The first-order chi connectivity index (χ1) is 35.7. The van der Waals surface area contributed by atoms with Gasteiger partial charge in [-0.25, -0.2) is 0 Å². The number of rotatable bonds is 10. The maximum absolute atomic E-state index is 9.15. The first kappa shape index (κ1) is 65.4. The van der Waals surface area contributed by atoms with Gasteiger partial charge in [0.1, 0.15) is 46.4 Å². The van der Waals surface area contributed by atoms with E-state index in [4.69, 9.17) is 58.0 Å². The van der Waals surface area contributed by atoms with Crippen LogP contribution in [-0.2, 0) is 91.5 Å². The minimum absolute atomic E-state index is 0.701. The molecule has 0 aliphatic heterocycles. The molecule has 0 aliphatic rings. The van der Waals surface area contributed by atoms with Crippen LogP contribution in [0.25, 0.3) is 0 Å². The van der Waals surface area contributed by atoms with E-state index in [0.29, 0.717) is 11.1 Å². The Morgan fingerprint density at radius 1 is 0.342 bits per heavy atom. The van der Waals surface area contributed by atoms with Gasteiger partial charge in [0.2, 0.25) is 0 Å². The topological polar surface area (TPSA) is 271 Å². The number of hydrogen-bond acceptors (Lipinski definition) is 12. The van der Waals surface area contributed by atoms with Crippen molar-refractivity contribution in [3.8, 4) is 12.1 Å². The second-order valence-corrected chi connectivity index (χ2v) is 32.5. The van der Waals surface area contributed by atoms with E-state index in [1.807, 2.05) is 24.3 Å². The van der Waals surface area contributed by atoms with Gasteiger partial charge in [0, 0.05) is 0 Å². The molecule has 8 rings (SSSR count). The standard InChI is InChI=1S/2C26H21NP.4ClH.4Mn.2H2O.10O/c2*27-20-22-16-18-23(19-17-22)21-28(24-10-4-1-5-11-24,25-12-6-2-7-13-25)26-14-8-3-9-15-26;;;;;;;;;;;;;;;;;;;;/h2*1-19H,21H2;4*1H;;;;;2*1H2;;;;;;;;;;/q2*+1;;;;;2*+1;2*+2;;;;;;;;;;;2*-1/p-6. The van der Waals surface area contributed by atoms with Gasteiger partial charge in [-0.05, 0) is 108 Å². The predicted octanol–water partition coefficient (Wildman–Crippen LogP) is 8.41. The molecule has 2 N–H and O–H groups in total. The van der Waals surface area contributed by atoms with Gasteiger partial charge in [0.25, 0.3) is 0 Å². The summed E-state index contributed by atoms with van der Waals surface area (Å²) in [4.78, 5) is 0.